The van der Waals surface area contributed by atoms with Gasteiger partial charge in [0.1, 0.15) is 5.52 Å². The summed E-state index contributed by atoms with van der Waals surface area (Å²) in [6.07, 6.45) is -3.23. The molecule has 0 saturated carbocycles. The van der Waals surface area contributed by atoms with E-state index in [2.05, 4.69) is 20.6 Å². The van der Waals surface area contributed by atoms with Crippen molar-refractivity contribution in [3.8, 4) is 0 Å². The molecule has 136 valence electrons. The molecule has 2 aromatic heterocycles. The van der Waals surface area contributed by atoms with Gasteiger partial charge in [-0.25, -0.2) is 14.8 Å². The lowest BCUT2D eigenvalue weighted by molar-refractivity contribution is -0.146. The van der Waals surface area contributed by atoms with Gasteiger partial charge in [0, 0.05) is 30.0 Å². The summed E-state index contributed by atoms with van der Waals surface area (Å²) >= 11 is 5.82. The predicted octanol–water partition coefficient (Wildman–Crippen LogP) is 3.93. The van der Waals surface area contributed by atoms with Crippen molar-refractivity contribution in [3.63, 3.8) is 0 Å². The molecule has 2 heterocycles. The molecular weight excluding hydrogens is 371 g/mol. The number of benzene rings is 1. The lowest BCUT2D eigenvalue weighted by Crippen LogP contribution is -2.32. The molecule has 3 rings (SSSR count). The summed E-state index contributed by atoms with van der Waals surface area (Å²) in [6, 6.07) is 8.91. The van der Waals surface area contributed by atoms with E-state index in [-0.39, 0.29) is 24.3 Å². The van der Waals surface area contributed by atoms with Gasteiger partial charge in [0.2, 0.25) is 5.82 Å². The van der Waals surface area contributed by atoms with E-state index in [0.717, 1.165) is 4.57 Å². The van der Waals surface area contributed by atoms with Gasteiger partial charge in [0.15, 0.2) is 5.65 Å². The van der Waals surface area contributed by atoms with Crippen LogP contribution in [0, 0.1) is 0 Å². The zero-order valence-electron chi connectivity index (χ0n) is 13.2. The van der Waals surface area contributed by atoms with E-state index >= 15 is 0 Å². The number of aromatic nitrogens is 3. The average molecular weight is 384 g/mol. The van der Waals surface area contributed by atoms with Crippen LogP contribution < -0.4 is 10.6 Å². The fourth-order valence-electron chi connectivity index (χ4n) is 2.41. The number of imidazole rings is 1. The number of halogens is 4. The van der Waals surface area contributed by atoms with Gasteiger partial charge >= 0.3 is 12.2 Å². The summed E-state index contributed by atoms with van der Waals surface area (Å²) in [5.74, 6) is -1.05. The molecule has 1 aromatic carbocycles. The van der Waals surface area contributed by atoms with E-state index in [1.165, 1.54) is 18.3 Å². The Kier molecular flexibility index (Phi) is 4.99. The summed E-state index contributed by atoms with van der Waals surface area (Å²) in [7, 11) is 0. The molecular formula is C16H13ClF3N5O. The Morgan fingerprint density at radius 1 is 1.23 bits per heavy atom. The zero-order chi connectivity index (χ0) is 18.7. The molecule has 26 heavy (non-hydrogen) atoms. The summed E-state index contributed by atoms with van der Waals surface area (Å²) in [6.45, 7) is -0.178. The standard InChI is InChI=1S/C16H13ClF3N5O/c17-10-3-1-4-11(9-10)23-15(26)22-7-8-25-13-12(5-2-6-21-13)24-14(25)16(18,19)20/h1-6,9H,7-8H2,(H2,22,23,26). The molecule has 0 atom stereocenters. The number of alkyl halides is 3. The van der Waals surface area contributed by atoms with Crippen LogP contribution in [-0.2, 0) is 12.7 Å². The fraction of sp³-hybridized carbons (Fsp3) is 0.188. The minimum atomic E-state index is -4.62. The van der Waals surface area contributed by atoms with Gasteiger partial charge in [-0.1, -0.05) is 17.7 Å². The fourth-order valence-corrected chi connectivity index (χ4v) is 2.60. The van der Waals surface area contributed by atoms with Gasteiger partial charge in [-0.2, -0.15) is 13.2 Å². The molecule has 10 heteroatoms. The minimum absolute atomic E-state index is 0.0441. The van der Waals surface area contributed by atoms with Crippen LogP contribution in [0.3, 0.4) is 0 Å². The third-order valence-electron chi connectivity index (χ3n) is 3.46. The Bertz CT molecular complexity index is 941. The molecule has 0 fully saturated rings. The molecule has 0 spiro atoms. The molecule has 0 aliphatic carbocycles. The monoisotopic (exact) mass is 383 g/mol. The van der Waals surface area contributed by atoms with Crippen molar-refractivity contribution in [1.82, 2.24) is 19.9 Å². The molecule has 0 saturated heterocycles. The molecule has 6 nitrogen and oxygen atoms in total. The summed E-state index contributed by atoms with van der Waals surface area (Å²) < 4.78 is 40.5. The van der Waals surface area contributed by atoms with Crippen LogP contribution >= 0.6 is 11.6 Å². The number of hydrogen-bond acceptors (Lipinski definition) is 3. The number of amides is 2. The Hall–Kier alpha value is -2.81. The molecule has 0 aliphatic rings. The van der Waals surface area contributed by atoms with E-state index in [1.807, 2.05) is 0 Å². The van der Waals surface area contributed by atoms with Crippen LogP contribution in [0.15, 0.2) is 42.6 Å². The van der Waals surface area contributed by atoms with Crippen LogP contribution in [0.5, 0.6) is 0 Å². The number of anilines is 1. The first-order valence-corrected chi connectivity index (χ1v) is 7.91. The summed E-state index contributed by atoms with van der Waals surface area (Å²) in [5, 5.41) is 5.50. The summed E-state index contributed by atoms with van der Waals surface area (Å²) in [4.78, 5) is 19.4. The van der Waals surface area contributed by atoms with Gasteiger partial charge in [0.05, 0.1) is 0 Å². The maximum absolute atomic E-state index is 13.2. The second-order valence-corrected chi connectivity index (χ2v) is 5.76. The number of urea groups is 1. The zero-order valence-corrected chi connectivity index (χ0v) is 14.0. The van der Waals surface area contributed by atoms with Crippen molar-refractivity contribution in [2.75, 3.05) is 11.9 Å². The number of nitrogens with zero attached hydrogens (tertiary/aromatic N) is 3. The van der Waals surface area contributed by atoms with Crippen molar-refractivity contribution in [1.29, 1.82) is 0 Å². The van der Waals surface area contributed by atoms with Gasteiger partial charge in [-0.15, -0.1) is 0 Å². The van der Waals surface area contributed by atoms with E-state index in [1.54, 1.807) is 24.3 Å². The lowest BCUT2D eigenvalue weighted by atomic mass is 10.3. The van der Waals surface area contributed by atoms with Crippen molar-refractivity contribution >= 4 is 34.5 Å². The Morgan fingerprint density at radius 2 is 2.04 bits per heavy atom. The van der Waals surface area contributed by atoms with Crippen LogP contribution in [0.1, 0.15) is 5.82 Å². The SMILES string of the molecule is O=C(NCCn1c(C(F)(F)F)nc2cccnc21)Nc1cccc(Cl)c1. The number of hydrogen-bond donors (Lipinski definition) is 2. The van der Waals surface area contributed by atoms with Gasteiger partial charge in [0.25, 0.3) is 0 Å². The molecule has 2 N–H and O–H groups in total. The second kappa shape index (κ2) is 7.20. The quantitative estimate of drug-likeness (QED) is 0.717. The predicted molar refractivity (Wildman–Crippen MR) is 91.0 cm³/mol. The number of fused-ring (bicyclic) bond motifs is 1. The van der Waals surface area contributed by atoms with E-state index < -0.39 is 18.0 Å². The summed E-state index contributed by atoms with van der Waals surface area (Å²) in [5.41, 5.74) is 0.723. The highest BCUT2D eigenvalue weighted by Crippen LogP contribution is 2.30. The number of nitrogens with one attached hydrogen (secondary N) is 2. The first kappa shape index (κ1) is 18.0. The molecule has 0 radical (unpaired) electrons. The third-order valence-corrected chi connectivity index (χ3v) is 3.70. The van der Waals surface area contributed by atoms with Gasteiger partial charge in [-0.3, -0.25) is 0 Å². The normalized spacial score (nSPS) is 11.5. The third kappa shape index (κ3) is 4.05. The number of carbonyl (C=O) groups is 1. The van der Waals surface area contributed by atoms with E-state index in [0.29, 0.717) is 10.7 Å². The van der Waals surface area contributed by atoms with E-state index in [4.69, 9.17) is 11.6 Å². The highest BCUT2D eigenvalue weighted by Gasteiger charge is 2.37. The first-order chi connectivity index (χ1) is 12.3. The minimum Gasteiger partial charge on any atom is -0.336 e. The van der Waals surface area contributed by atoms with Crippen LogP contribution in [0.25, 0.3) is 11.2 Å². The lowest BCUT2D eigenvalue weighted by Gasteiger charge is -2.12. The van der Waals surface area contributed by atoms with Crippen LogP contribution in [-0.4, -0.2) is 27.1 Å². The van der Waals surface area contributed by atoms with Crippen LogP contribution in [0.4, 0.5) is 23.7 Å². The van der Waals surface area contributed by atoms with Crippen molar-refractivity contribution < 1.29 is 18.0 Å². The highest BCUT2D eigenvalue weighted by atomic mass is 35.5. The molecule has 0 aliphatic heterocycles. The molecule has 0 bridgehead atoms. The molecule has 0 unspecified atom stereocenters. The Labute approximate surface area is 151 Å². The highest BCUT2D eigenvalue weighted by molar-refractivity contribution is 6.30. The maximum atomic E-state index is 13.2. The molecule has 3 aromatic rings. The topological polar surface area (TPSA) is 71.8 Å². The average Bonchev–Trinajstić information content (AvgIpc) is 2.94. The van der Waals surface area contributed by atoms with Gasteiger partial charge < -0.3 is 15.2 Å². The number of carbonyl (C=O) groups excluding carboxylic acids is 1. The first-order valence-electron chi connectivity index (χ1n) is 7.53. The number of rotatable bonds is 4. The maximum Gasteiger partial charge on any atom is 0.449 e. The molecule has 2 amide bonds. The van der Waals surface area contributed by atoms with Crippen LogP contribution in [0.2, 0.25) is 5.02 Å². The van der Waals surface area contributed by atoms with Crippen molar-refractivity contribution in [2.45, 2.75) is 12.7 Å². The Morgan fingerprint density at radius 3 is 2.77 bits per heavy atom. The smallest absolute Gasteiger partial charge is 0.336 e. The second-order valence-electron chi connectivity index (χ2n) is 5.32. The largest absolute Gasteiger partial charge is 0.449 e. The van der Waals surface area contributed by atoms with Gasteiger partial charge in [-0.05, 0) is 30.3 Å². The van der Waals surface area contributed by atoms with Crippen molar-refractivity contribution in [3.05, 3.63) is 53.4 Å². The number of pyridine rings is 1. The van der Waals surface area contributed by atoms with Crippen molar-refractivity contribution in [2.24, 2.45) is 0 Å². The Balaban J connectivity index is 1.69. The van der Waals surface area contributed by atoms with E-state index in [9.17, 15) is 18.0 Å².